The molecule has 114 valence electrons. The van der Waals surface area contributed by atoms with Gasteiger partial charge in [0.15, 0.2) is 0 Å². The summed E-state index contributed by atoms with van der Waals surface area (Å²) in [5, 5.41) is 2.58. The predicted molar refractivity (Wildman–Crippen MR) is 91.4 cm³/mol. The van der Waals surface area contributed by atoms with Gasteiger partial charge < -0.3 is 0 Å². The fraction of sp³-hybridized carbons (Fsp3) is 0.400. The molecule has 0 heterocycles. The summed E-state index contributed by atoms with van der Waals surface area (Å²) in [4.78, 5) is 0. The second-order valence-corrected chi connectivity index (χ2v) is 12.6. The van der Waals surface area contributed by atoms with E-state index < -0.39 is 27.8 Å². The minimum atomic E-state index is -1.93. The highest BCUT2D eigenvalue weighted by atomic mass is 35.6. The topological polar surface area (TPSA) is 34.1 Å². The zero-order chi connectivity index (χ0) is 15.9. The average molecular weight is 437 g/mol. The normalized spacial score (nSPS) is 24.0. The Morgan fingerprint density at radius 2 is 1.00 bits per heavy atom. The van der Waals surface area contributed by atoms with Gasteiger partial charge in [-0.05, 0) is 36.1 Å². The number of hydrogen-bond donors (Lipinski definition) is 0. The van der Waals surface area contributed by atoms with Crippen molar-refractivity contribution in [3.63, 3.8) is 0 Å². The van der Waals surface area contributed by atoms with E-state index in [1.54, 1.807) is 13.8 Å². The van der Waals surface area contributed by atoms with Crippen molar-refractivity contribution in [3.8, 4) is 0 Å². The van der Waals surface area contributed by atoms with Gasteiger partial charge in [-0.3, -0.25) is 8.42 Å². The maximum absolute atomic E-state index is 11.8. The maximum atomic E-state index is 11.8. The Bertz CT molecular complexity index is 515. The van der Waals surface area contributed by atoms with Gasteiger partial charge in [0, 0.05) is 10.8 Å². The van der Waals surface area contributed by atoms with Crippen LogP contribution in [0.4, 0.5) is 0 Å². The van der Waals surface area contributed by atoms with Crippen LogP contribution in [0.15, 0.2) is 33.1 Å². The summed E-state index contributed by atoms with van der Waals surface area (Å²) in [6.07, 6.45) is 0. The molecule has 0 fully saturated rings. The minimum absolute atomic E-state index is 0.565. The van der Waals surface area contributed by atoms with E-state index in [0.717, 1.165) is 11.1 Å². The average Bonchev–Trinajstić information content (AvgIpc) is 2.29. The van der Waals surface area contributed by atoms with Crippen molar-refractivity contribution in [1.82, 2.24) is 0 Å². The summed E-state index contributed by atoms with van der Waals surface area (Å²) in [5.74, 6) is 0. The number of halogens is 6. The van der Waals surface area contributed by atoms with Crippen LogP contribution in [-0.4, -0.2) is 14.7 Å². The molecule has 0 radical (unpaired) electrons. The van der Waals surface area contributed by atoms with Gasteiger partial charge in [0.05, 0.1) is 21.6 Å². The van der Waals surface area contributed by atoms with Gasteiger partial charge >= 0.3 is 0 Å². The SMILES string of the molecule is CC1=C(C)C(=C/S(=O)C(Cl)(Cl)Cl)/C1=C\S(=O)C(Cl)(Cl)Cl. The molecule has 1 aliphatic carbocycles. The molecular formula is C10H8Cl6O2S2. The highest BCUT2D eigenvalue weighted by molar-refractivity contribution is 7.94. The van der Waals surface area contributed by atoms with Gasteiger partial charge in [-0.15, -0.1) is 0 Å². The van der Waals surface area contributed by atoms with Crippen LogP contribution in [0.25, 0.3) is 0 Å². The fourth-order valence-electron chi connectivity index (χ4n) is 1.40. The molecule has 1 rings (SSSR count). The molecule has 2 nitrogen and oxygen atoms in total. The highest BCUT2D eigenvalue weighted by Crippen LogP contribution is 2.43. The lowest BCUT2D eigenvalue weighted by molar-refractivity contribution is 0.687. The quantitative estimate of drug-likeness (QED) is 0.553. The molecular weight excluding hydrogens is 429 g/mol. The molecule has 0 saturated heterocycles. The van der Waals surface area contributed by atoms with Crippen LogP contribution >= 0.6 is 69.6 Å². The van der Waals surface area contributed by atoms with E-state index >= 15 is 0 Å². The number of hydrogen-bond acceptors (Lipinski definition) is 2. The maximum Gasteiger partial charge on any atom is 0.269 e. The first kappa shape index (κ1) is 19.3. The summed E-state index contributed by atoms with van der Waals surface area (Å²) in [5.41, 5.74) is 2.82. The third-order valence-electron chi connectivity index (χ3n) is 2.57. The highest BCUT2D eigenvalue weighted by Gasteiger charge is 2.33. The van der Waals surface area contributed by atoms with Crippen molar-refractivity contribution in [2.75, 3.05) is 0 Å². The van der Waals surface area contributed by atoms with Crippen molar-refractivity contribution in [2.24, 2.45) is 0 Å². The van der Waals surface area contributed by atoms with Crippen molar-refractivity contribution in [2.45, 2.75) is 20.1 Å². The van der Waals surface area contributed by atoms with E-state index in [9.17, 15) is 8.42 Å². The van der Waals surface area contributed by atoms with Crippen molar-refractivity contribution >= 4 is 91.2 Å². The van der Waals surface area contributed by atoms with E-state index in [1.807, 2.05) is 0 Å². The molecule has 0 amide bonds. The van der Waals surface area contributed by atoms with Gasteiger partial charge in [-0.2, -0.15) is 0 Å². The van der Waals surface area contributed by atoms with Crippen LogP contribution in [0.2, 0.25) is 0 Å². The summed E-state index contributed by atoms with van der Waals surface area (Å²) in [6, 6.07) is 0. The van der Waals surface area contributed by atoms with Crippen LogP contribution in [0, 0.1) is 0 Å². The Kier molecular flexibility index (Phi) is 6.56. The molecule has 0 N–H and O–H groups in total. The van der Waals surface area contributed by atoms with E-state index in [0.29, 0.717) is 11.1 Å². The molecule has 0 bridgehead atoms. The third kappa shape index (κ3) is 4.63. The zero-order valence-corrected chi connectivity index (χ0v) is 16.2. The smallest absolute Gasteiger partial charge is 0.250 e. The minimum Gasteiger partial charge on any atom is -0.250 e. The van der Waals surface area contributed by atoms with Crippen LogP contribution in [0.5, 0.6) is 0 Å². The molecule has 0 aromatic carbocycles. The lowest BCUT2D eigenvalue weighted by Gasteiger charge is -2.27. The first-order chi connectivity index (χ1) is 8.85. The standard InChI is InChI=1S/C10H8Cl6O2S2/c1-5-6(2)8(4-20(18)10(14,15)16)7(5)3-19(17)9(11,12)13/h3-4H,1-2H3/b7-3-,8-4-. The number of allylic oxidation sites excluding steroid dienone is 4. The van der Waals surface area contributed by atoms with Crippen molar-refractivity contribution < 1.29 is 8.42 Å². The van der Waals surface area contributed by atoms with Crippen molar-refractivity contribution in [1.29, 1.82) is 0 Å². The number of alkyl halides is 6. The van der Waals surface area contributed by atoms with Crippen LogP contribution in [0.1, 0.15) is 13.8 Å². The zero-order valence-electron chi connectivity index (χ0n) is 10.1. The first-order valence-electron chi connectivity index (χ1n) is 4.92. The van der Waals surface area contributed by atoms with Crippen LogP contribution in [-0.2, 0) is 21.6 Å². The second-order valence-electron chi connectivity index (χ2n) is 3.80. The Labute approximate surface area is 152 Å². The summed E-state index contributed by atoms with van der Waals surface area (Å²) in [6.45, 7) is 3.60. The predicted octanol–water partition coefficient (Wildman–Crippen LogP) is 5.26. The van der Waals surface area contributed by atoms with Gasteiger partial charge in [0.1, 0.15) is 0 Å². The van der Waals surface area contributed by atoms with E-state index in [2.05, 4.69) is 0 Å². The Morgan fingerprint density at radius 1 is 0.750 bits per heavy atom. The molecule has 0 spiro atoms. The molecule has 20 heavy (non-hydrogen) atoms. The monoisotopic (exact) mass is 434 g/mol. The van der Waals surface area contributed by atoms with Gasteiger partial charge in [0.25, 0.3) is 6.25 Å². The Morgan fingerprint density at radius 3 is 1.20 bits per heavy atom. The van der Waals surface area contributed by atoms with E-state index in [1.165, 1.54) is 10.8 Å². The second kappa shape index (κ2) is 6.79. The Balaban J connectivity index is 3.18. The summed E-state index contributed by atoms with van der Waals surface area (Å²) >= 11 is 33.3. The van der Waals surface area contributed by atoms with Crippen LogP contribution < -0.4 is 0 Å². The van der Waals surface area contributed by atoms with E-state index in [4.69, 9.17) is 69.6 Å². The lowest BCUT2D eigenvalue weighted by atomic mass is 9.81. The third-order valence-corrected chi connectivity index (χ3v) is 7.12. The summed E-state index contributed by atoms with van der Waals surface area (Å²) in [7, 11) is -3.69. The molecule has 1 aliphatic rings. The van der Waals surface area contributed by atoms with Gasteiger partial charge in [-0.25, -0.2) is 0 Å². The molecule has 0 aliphatic heterocycles. The Hall–Kier alpha value is 1.26. The van der Waals surface area contributed by atoms with E-state index in [-0.39, 0.29) is 0 Å². The number of rotatable bonds is 2. The van der Waals surface area contributed by atoms with Crippen LogP contribution in [0.3, 0.4) is 0 Å². The van der Waals surface area contributed by atoms with Gasteiger partial charge in [0.2, 0.25) is 0 Å². The lowest BCUT2D eigenvalue weighted by Crippen LogP contribution is -2.16. The molecule has 10 heteroatoms. The molecule has 0 aromatic rings. The molecule has 2 atom stereocenters. The molecule has 2 unspecified atom stereocenters. The van der Waals surface area contributed by atoms with Crippen molar-refractivity contribution in [3.05, 3.63) is 33.1 Å². The molecule has 0 aromatic heterocycles. The summed E-state index contributed by atoms with van der Waals surface area (Å²) < 4.78 is 19.7. The fourth-order valence-corrected chi connectivity index (χ4v) is 3.50. The van der Waals surface area contributed by atoms with Gasteiger partial charge in [-0.1, -0.05) is 69.6 Å². The first-order valence-corrected chi connectivity index (χ1v) is 9.62. The largest absolute Gasteiger partial charge is 0.269 e. The molecule has 0 saturated carbocycles.